The number of nitriles is 1. The summed E-state index contributed by atoms with van der Waals surface area (Å²) in [7, 11) is 0. The highest BCUT2D eigenvalue weighted by Gasteiger charge is 2.28. The molecule has 0 spiro atoms. The van der Waals surface area contributed by atoms with Crippen LogP contribution in [0, 0.1) is 17.2 Å². The van der Waals surface area contributed by atoms with Crippen LogP contribution >= 0.6 is 0 Å². The SMILES string of the molecule is N#CC1CCC(c2ccccn2)NC1=O. The van der Waals surface area contributed by atoms with Crippen LogP contribution in [0.1, 0.15) is 24.6 Å². The van der Waals surface area contributed by atoms with Gasteiger partial charge in [0.05, 0.1) is 17.8 Å². The first-order chi connectivity index (χ1) is 7.31. The first kappa shape index (κ1) is 9.66. The number of pyridine rings is 1. The van der Waals surface area contributed by atoms with E-state index in [2.05, 4.69) is 10.3 Å². The van der Waals surface area contributed by atoms with Crippen molar-refractivity contribution >= 4 is 5.91 Å². The highest BCUT2D eigenvalue weighted by atomic mass is 16.2. The maximum absolute atomic E-state index is 11.4. The van der Waals surface area contributed by atoms with Gasteiger partial charge in [-0.25, -0.2) is 0 Å². The third-order valence-electron chi connectivity index (χ3n) is 2.58. The standard InChI is InChI=1S/C11H11N3O/c12-7-8-4-5-10(14-11(8)15)9-3-1-2-6-13-9/h1-3,6,8,10H,4-5H2,(H,14,15). The Morgan fingerprint density at radius 3 is 2.93 bits per heavy atom. The van der Waals surface area contributed by atoms with Gasteiger partial charge in [0.2, 0.25) is 5.91 Å². The molecule has 1 aromatic heterocycles. The summed E-state index contributed by atoms with van der Waals surface area (Å²) in [5, 5.41) is 11.5. The Bertz CT molecular complexity index is 396. The van der Waals surface area contributed by atoms with Gasteiger partial charge < -0.3 is 5.32 Å². The van der Waals surface area contributed by atoms with Crippen molar-refractivity contribution in [3.8, 4) is 6.07 Å². The lowest BCUT2D eigenvalue weighted by Gasteiger charge is -2.25. The Hall–Kier alpha value is -1.89. The third kappa shape index (κ3) is 1.96. The average Bonchev–Trinajstić information content (AvgIpc) is 2.30. The lowest BCUT2D eigenvalue weighted by Crippen LogP contribution is -2.38. The van der Waals surface area contributed by atoms with Crippen molar-refractivity contribution in [3.05, 3.63) is 30.1 Å². The van der Waals surface area contributed by atoms with E-state index in [0.29, 0.717) is 6.42 Å². The van der Waals surface area contributed by atoms with E-state index in [1.54, 1.807) is 6.20 Å². The summed E-state index contributed by atoms with van der Waals surface area (Å²) in [6, 6.07) is 7.57. The maximum Gasteiger partial charge on any atom is 0.237 e. The molecule has 0 bridgehead atoms. The van der Waals surface area contributed by atoms with Crippen molar-refractivity contribution in [1.82, 2.24) is 10.3 Å². The molecule has 4 nitrogen and oxygen atoms in total. The normalized spacial score (nSPS) is 25.4. The summed E-state index contributed by atoms with van der Waals surface area (Å²) in [6.07, 6.45) is 3.10. The topological polar surface area (TPSA) is 65.8 Å². The second-order valence-corrected chi connectivity index (χ2v) is 3.57. The Balaban J connectivity index is 2.10. The zero-order valence-electron chi connectivity index (χ0n) is 8.18. The average molecular weight is 201 g/mol. The van der Waals surface area contributed by atoms with Crippen LogP contribution < -0.4 is 5.32 Å². The predicted molar refractivity (Wildman–Crippen MR) is 53.5 cm³/mol. The summed E-state index contributed by atoms with van der Waals surface area (Å²) in [4.78, 5) is 15.6. The summed E-state index contributed by atoms with van der Waals surface area (Å²) >= 11 is 0. The van der Waals surface area contributed by atoms with Gasteiger partial charge >= 0.3 is 0 Å². The highest BCUT2D eigenvalue weighted by molar-refractivity contribution is 5.82. The first-order valence-corrected chi connectivity index (χ1v) is 4.92. The van der Waals surface area contributed by atoms with Gasteiger partial charge in [-0.2, -0.15) is 5.26 Å². The minimum absolute atomic E-state index is 0.0386. The Labute approximate surface area is 87.9 Å². The van der Waals surface area contributed by atoms with Crippen molar-refractivity contribution in [2.24, 2.45) is 5.92 Å². The van der Waals surface area contributed by atoms with Gasteiger partial charge in [0.25, 0.3) is 0 Å². The van der Waals surface area contributed by atoms with Crippen molar-refractivity contribution in [2.45, 2.75) is 18.9 Å². The van der Waals surface area contributed by atoms with E-state index in [1.807, 2.05) is 24.3 Å². The number of aromatic nitrogens is 1. The summed E-state index contributed by atoms with van der Waals surface area (Å²) in [5.41, 5.74) is 0.863. The zero-order chi connectivity index (χ0) is 10.7. The molecule has 2 heterocycles. The van der Waals surface area contributed by atoms with Crippen LogP contribution in [0.2, 0.25) is 0 Å². The minimum Gasteiger partial charge on any atom is -0.347 e. The van der Waals surface area contributed by atoms with Crippen LogP contribution in [0.4, 0.5) is 0 Å². The minimum atomic E-state index is -0.495. The van der Waals surface area contributed by atoms with Gasteiger partial charge in [-0.3, -0.25) is 9.78 Å². The molecule has 4 heteroatoms. The van der Waals surface area contributed by atoms with E-state index < -0.39 is 5.92 Å². The molecule has 1 aromatic rings. The molecule has 2 rings (SSSR count). The molecular formula is C11H11N3O. The number of hydrogen-bond donors (Lipinski definition) is 1. The molecule has 1 saturated heterocycles. The van der Waals surface area contributed by atoms with Gasteiger partial charge in [0, 0.05) is 6.20 Å². The fourth-order valence-electron chi connectivity index (χ4n) is 1.74. The number of nitrogens with zero attached hydrogens (tertiary/aromatic N) is 2. The van der Waals surface area contributed by atoms with Gasteiger partial charge in [-0.1, -0.05) is 6.07 Å². The quantitative estimate of drug-likeness (QED) is 0.741. The zero-order valence-corrected chi connectivity index (χ0v) is 8.18. The molecule has 76 valence electrons. The maximum atomic E-state index is 11.4. The molecule has 1 amide bonds. The molecule has 1 fully saturated rings. The molecule has 0 radical (unpaired) electrons. The molecule has 15 heavy (non-hydrogen) atoms. The molecule has 2 unspecified atom stereocenters. The molecule has 1 aliphatic rings. The monoisotopic (exact) mass is 201 g/mol. The lowest BCUT2D eigenvalue weighted by molar-refractivity contribution is -0.126. The number of hydrogen-bond acceptors (Lipinski definition) is 3. The fraction of sp³-hybridized carbons (Fsp3) is 0.364. The van der Waals surface area contributed by atoms with Crippen molar-refractivity contribution < 1.29 is 4.79 Å². The first-order valence-electron chi connectivity index (χ1n) is 4.92. The van der Waals surface area contributed by atoms with E-state index in [0.717, 1.165) is 12.1 Å². The van der Waals surface area contributed by atoms with Gasteiger partial charge in [0.15, 0.2) is 0 Å². The van der Waals surface area contributed by atoms with E-state index in [1.165, 1.54) is 0 Å². The molecule has 0 saturated carbocycles. The molecule has 0 aliphatic carbocycles. The van der Waals surface area contributed by atoms with Gasteiger partial charge in [-0.15, -0.1) is 0 Å². The van der Waals surface area contributed by atoms with E-state index >= 15 is 0 Å². The molecule has 2 atom stereocenters. The number of piperidine rings is 1. The van der Waals surface area contributed by atoms with Crippen LogP contribution in [0.3, 0.4) is 0 Å². The van der Waals surface area contributed by atoms with E-state index in [4.69, 9.17) is 5.26 Å². The summed E-state index contributed by atoms with van der Waals surface area (Å²) in [6.45, 7) is 0. The van der Waals surface area contributed by atoms with Crippen LogP contribution in [-0.4, -0.2) is 10.9 Å². The number of rotatable bonds is 1. The third-order valence-corrected chi connectivity index (χ3v) is 2.58. The van der Waals surface area contributed by atoms with Crippen molar-refractivity contribution in [1.29, 1.82) is 5.26 Å². The number of carbonyl (C=O) groups excluding carboxylic acids is 1. The molecular weight excluding hydrogens is 190 g/mol. The largest absolute Gasteiger partial charge is 0.347 e. The predicted octanol–water partition coefficient (Wildman–Crippen LogP) is 1.17. The van der Waals surface area contributed by atoms with E-state index in [-0.39, 0.29) is 11.9 Å². The molecule has 0 aromatic carbocycles. The molecule has 1 aliphatic heterocycles. The summed E-state index contributed by atoms with van der Waals surface area (Å²) < 4.78 is 0. The van der Waals surface area contributed by atoms with Crippen molar-refractivity contribution in [3.63, 3.8) is 0 Å². The number of amides is 1. The van der Waals surface area contributed by atoms with Crippen LogP contribution in [0.15, 0.2) is 24.4 Å². The van der Waals surface area contributed by atoms with Gasteiger partial charge in [0.1, 0.15) is 5.92 Å². The molecule has 1 N–H and O–H groups in total. The Morgan fingerprint density at radius 2 is 2.33 bits per heavy atom. The van der Waals surface area contributed by atoms with Crippen LogP contribution in [0.25, 0.3) is 0 Å². The van der Waals surface area contributed by atoms with Crippen LogP contribution in [-0.2, 0) is 4.79 Å². The Kier molecular flexibility index (Phi) is 2.64. The lowest BCUT2D eigenvalue weighted by atomic mass is 9.93. The van der Waals surface area contributed by atoms with Crippen molar-refractivity contribution in [2.75, 3.05) is 0 Å². The number of carbonyl (C=O) groups is 1. The number of nitrogens with one attached hydrogen (secondary N) is 1. The highest BCUT2D eigenvalue weighted by Crippen LogP contribution is 2.24. The van der Waals surface area contributed by atoms with Gasteiger partial charge in [-0.05, 0) is 25.0 Å². The Morgan fingerprint density at radius 1 is 1.47 bits per heavy atom. The van der Waals surface area contributed by atoms with E-state index in [9.17, 15) is 4.79 Å². The second-order valence-electron chi connectivity index (χ2n) is 3.57. The smallest absolute Gasteiger partial charge is 0.237 e. The second kappa shape index (κ2) is 4.09. The fourth-order valence-corrected chi connectivity index (χ4v) is 1.74. The summed E-state index contributed by atoms with van der Waals surface area (Å²) in [5.74, 6) is -0.677. The van der Waals surface area contributed by atoms with Crippen LogP contribution in [0.5, 0.6) is 0 Å².